The summed E-state index contributed by atoms with van der Waals surface area (Å²) in [4.78, 5) is 14.9. The van der Waals surface area contributed by atoms with Crippen LogP contribution in [0.2, 0.25) is 5.02 Å². The second-order valence-corrected chi connectivity index (χ2v) is 9.22. The number of nitrogens with zero attached hydrogens (tertiary/aromatic N) is 2. The number of carbonyl (C=O) groups excluding carboxylic acids is 1. The van der Waals surface area contributed by atoms with Gasteiger partial charge in [0.15, 0.2) is 0 Å². The van der Waals surface area contributed by atoms with Crippen LogP contribution in [0.5, 0.6) is 0 Å². The van der Waals surface area contributed by atoms with Crippen LogP contribution in [0.4, 0.5) is 0 Å². The molecule has 0 aliphatic carbocycles. The molecule has 1 heterocycles. The summed E-state index contributed by atoms with van der Waals surface area (Å²) in [6, 6.07) is 4.39. The largest absolute Gasteiger partial charge is 0.336 e. The lowest BCUT2D eigenvalue weighted by atomic mass is 9.99. The first-order valence-corrected chi connectivity index (χ1v) is 10.6. The Morgan fingerprint density at radius 3 is 2.64 bits per heavy atom. The summed E-state index contributed by atoms with van der Waals surface area (Å²) in [5.41, 5.74) is 0.264. The van der Waals surface area contributed by atoms with E-state index in [1.54, 1.807) is 13.8 Å². The number of rotatable bonds is 5. The minimum Gasteiger partial charge on any atom is -0.336 e. The van der Waals surface area contributed by atoms with Crippen LogP contribution in [0.1, 0.15) is 56.8 Å². The number of halogens is 1. The first-order valence-electron chi connectivity index (χ1n) is 8.78. The molecule has 5 nitrogen and oxygen atoms in total. The molecule has 0 aromatic heterocycles. The van der Waals surface area contributed by atoms with E-state index >= 15 is 0 Å². The van der Waals surface area contributed by atoms with Crippen molar-refractivity contribution >= 4 is 27.5 Å². The van der Waals surface area contributed by atoms with E-state index in [1.165, 1.54) is 29.6 Å². The summed E-state index contributed by atoms with van der Waals surface area (Å²) < 4.78 is 26.7. The summed E-state index contributed by atoms with van der Waals surface area (Å²) in [5, 5.41) is 0.288. The number of hydrogen-bond acceptors (Lipinski definition) is 3. The third-order valence-corrected chi connectivity index (χ3v) is 7.29. The van der Waals surface area contributed by atoms with Gasteiger partial charge in [-0.2, -0.15) is 4.31 Å². The van der Waals surface area contributed by atoms with Crippen LogP contribution in [0.3, 0.4) is 0 Å². The van der Waals surface area contributed by atoms with Gasteiger partial charge in [0.1, 0.15) is 0 Å². The van der Waals surface area contributed by atoms with E-state index in [2.05, 4.69) is 6.92 Å². The number of carbonyl (C=O) groups is 1. The van der Waals surface area contributed by atoms with Crippen LogP contribution in [-0.2, 0) is 10.0 Å². The fourth-order valence-electron chi connectivity index (χ4n) is 3.12. The minimum atomic E-state index is -3.66. The average molecular weight is 387 g/mol. The molecule has 1 aliphatic heterocycles. The Balaban J connectivity index is 2.41. The summed E-state index contributed by atoms with van der Waals surface area (Å²) in [7, 11) is -2.12. The van der Waals surface area contributed by atoms with Crippen LogP contribution < -0.4 is 0 Å². The van der Waals surface area contributed by atoms with E-state index in [4.69, 9.17) is 11.6 Å². The molecule has 25 heavy (non-hydrogen) atoms. The Bertz CT molecular complexity index is 734. The molecule has 2 rings (SSSR count). The van der Waals surface area contributed by atoms with Crippen LogP contribution >= 0.6 is 11.6 Å². The average Bonchev–Trinajstić information content (AvgIpc) is 2.60. The molecule has 1 saturated heterocycles. The maximum absolute atomic E-state index is 13.0. The van der Waals surface area contributed by atoms with Gasteiger partial charge in [0.25, 0.3) is 5.91 Å². The molecule has 0 bridgehead atoms. The highest BCUT2D eigenvalue weighted by Gasteiger charge is 2.29. The third kappa shape index (κ3) is 4.18. The first kappa shape index (κ1) is 20.2. The van der Waals surface area contributed by atoms with Gasteiger partial charge in [0, 0.05) is 25.7 Å². The van der Waals surface area contributed by atoms with Crippen LogP contribution in [-0.4, -0.2) is 49.2 Å². The predicted molar refractivity (Wildman–Crippen MR) is 101 cm³/mol. The summed E-state index contributed by atoms with van der Waals surface area (Å²) in [6.45, 7) is 6.37. The van der Waals surface area contributed by atoms with Gasteiger partial charge in [-0.05, 0) is 57.7 Å². The third-order valence-electron chi connectivity index (χ3n) is 4.93. The molecular formula is C18H27ClN2O3S. The van der Waals surface area contributed by atoms with Crippen molar-refractivity contribution in [1.82, 2.24) is 9.21 Å². The number of piperidine rings is 1. The Morgan fingerprint density at radius 1 is 1.36 bits per heavy atom. The van der Waals surface area contributed by atoms with Gasteiger partial charge >= 0.3 is 0 Å². The lowest BCUT2D eigenvalue weighted by Gasteiger charge is -2.35. The molecule has 7 heteroatoms. The summed E-state index contributed by atoms with van der Waals surface area (Å²) >= 11 is 6.24. The second kappa shape index (κ2) is 8.06. The molecule has 0 radical (unpaired) electrons. The predicted octanol–water partition coefficient (Wildman–Crippen LogP) is 3.77. The van der Waals surface area contributed by atoms with Crippen LogP contribution in [0, 0.1) is 0 Å². The SMILES string of the molecule is CCC1CCCCN1C(=O)c1cc(S(=O)(=O)N(C)C(C)C)ccc1Cl. The van der Waals surface area contributed by atoms with Gasteiger partial charge in [0.05, 0.1) is 15.5 Å². The molecule has 1 fully saturated rings. The summed E-state index contributed by atoms with van der Waals surface area (Å²) in [6.07, 6.45) is 3.95. The smallest absolute Gasteiger partial charge is 0.255 e. The zero-order valence-corrected chi connectivity index (χ0v) is 16.9. The molecule has 1 aromatic carbocycles. The maximum Gasteiger partial charge on any atom is 0.255 e. The monoisotopic (exact) mass is 386 g/mol. The number of likely N-dealkylation sites (tertiary alicyclic amines) is 1. The van der Waals surface area contributed by atoms with E-state index in [9.17, 15) is 13.2 Å². The van der Waals surface area contributed by atoms with Crippen molar-refractivity contribution < 1.29 is 13.2 Å². The Labute approximate surface area is 156 Å². The van der Waals surface area contributed by atoms with Gasteiger partial charge in [-0.25, -0.2) is 8.42 Å². The van der Waals surface area contributed by atoms with Gasteiger partial charge < -0.3 is 4.90 Å². The molecule has 1 unspecified atom stereocenters. The molecule has 0 N–H and O–H groups in total. The van der Waals surface area contributed by atoms with Gasteiger partial charge in [0.2, 0.25) is 10.0 Å². The summed E-state index contributed by atoms with van der Waals surface area (Å²) in [5.74, 6) is -0.180. The van der Waals surface area contributed by atoms with E-state index < -0.39 is 10.0 Å². The van der Waals surface area contributed by atoms with Crippen molar-refractivity contribution in [1.29, 1.82) is 0 Å². The molecule has 1 aromatic rings. The van der Waals surface area contributed by atoms with Crippen molar-refractivity contribution in [3.05, 3.63) is 28.8 Å². The van der Waals surface area contributed by atoms with Gasteiger partial charge in [-0.1, -0.05) is 18.5 Å². The van der Waals surface area contributed by atoms with Crippen molar-refractivity contribution in [2.45, 2.75) is 63.4 Å². The van der Waals surface area contributed by atoms with E-state index in [1.807, 2.05) is 4.90 Å². The van der Waals surface area contributed by atoms with Gasteiger partial charge in [-0.15, -0.1) is 0 Å². The highest BCUT2D eigenvalue weighted by atomic mass is 35.5. The van der Waals surface area contributed by atoms with Crippen molar-refractivity contribution in [3.63, 3.8) is 0 Å². The fourth-order valence-corrected chi connectivity index (χ4v) is 4.71. The highest BCUT2D eigenvalue weighted by molar-refractivity contribution is 7.89. The lowest BCUT2D eigenvalue weighted by molar-refractivity contribution is 0.0608. The van der Waals surface area contributed by atoms with Crippen LogP contribution in [0.25, 0.3) is 0 Å². The second-order valence-electron chi connectivity index (χ2n) is 6.81. The minimum absolute atomic E-state index is 0.0986. The molecule has 1 amide bonds. The van der Waals surface area contributed by atoms with E-state index in [-0.39, 0.29) is 33.5 Å². The van der Waals surface area contributed by atoms with Crippen molar-refractivity contribution in [2.75, 3.05) is 13.6 Å². The Morgan fingerprint density at radius 2 is 2.04 bits per heavy atom. The number of hydrogen-bond donors (Lipinski definition) is 0. The Hall–Kier alpha value is -1.11. The topological polar surface area (TPSA) is 57.7 Å². The van der Waals surface area contributed by atoms with Gasteiger partial charge in [-0.3, -0.25) is 4.79 Å². The quantitative estimate of drug-likeness (QED) is 0.773. The number of sulfonamides is 1. The molecule has 1 aliphatic rings. The zero-order valence-electron chi connectivity index (χ0n) is 15.3. The standard InChI is InChI=1S/C18H27ClN2O3S/c1-5-14-8-6-7-11-21(14)18(22)16-12-15(9-10-17(16)19)25(23,24)20(4)13(2)3/h9-10,12-14H,5-8,11H2,1-4H3. The number of amides is 1. The highest BCUT2D eigenvalue weighted by Crippen LogP contribution is 2.28. The molecule has 1 atom stereocenters. The normalized spacial score (nSPS) is 18.8. The van der Waals surface area contributed by atoms with Crippen molar-refractivity contribution in [2.24, 2.45) is 0 Å². The molecular weight excluding hydrogens is 360 g/mol. The molecule has 0 spiro atoms. The lowest BCUT2D eigenvalue weighted by Crippen LogP contribution is -2.43. The Kier molecular flexibility index (Phi) is 6.51. The molecule has 0 saturated carbocycles. The first-order chi connectivity index (χ1) is 11.7. The molecule has 140 valence electrons. The van der Waals surface area contributed by atoms with Crippen LogP contribution in [0.15, 0.2) is 23.1 Å². The zero-order chi connectivity index (χ0) is 18.8. The van der Waals surface area contributed by atoms with E-state index in [0.717, 1.165) is 25.7 Å². The van der Waals surface area contributed by atoms with Crippen molar-refractivity contribution in [3.8, 4) is 0 Å². The maximum atomic E-state index is 13.0. The van der Waals surface area contributed by atoms with E-state index in [0.29, 0.717) is 6.54 Å². The number of benzene rings is 1. The fraction of sp³-hybridized carbons (Fsp3) is 0.611.